The number of amides is 1. The summed E-state index contributed by atoms with van der Waals surface area (Å²) in [5, 5.41) is 8.76. The van der Waals surface area contributed by atoms with Gasteiger partial charge in [-0.3, -0.25) is 9.59 Å². The third-order valence-electron chi connectivity index (χ3n) is 3.33. The standard InChI is InChI=1S/C15H19NO3/c1-11-2-4-12(5-3-11)10-16(9-8-14(17)18)15(19)13-6-7-13/h2-5,13H,6-10H2,1H3,(H,17,18). The SMILES string of the molecule is Cc1ccc(CN(CCC(=O)O)C(=O)C2CC2)cc1. The summed E-state index contributed by atoms with van der Waals surface area (Å²) < 4.78 is 0. The second-order valence-electron chi connectivity index (χ2n) is 5.16. The smallest absolute Gasteiger partial charge is 0.305 e. The maximum Gasteiger partial charge on any atom is 0.305 e. The van der Waals surface area contributed by atoms with Crippen LogP contribution in [0.3, 0.4) is 0 Å². The van der Waals surface area contributed by atoms with E-state index in [4.69, 9.17) is 5.11 Å². The fourth-order valence-electron chi connectivity index (χ4n) is 2.00. The fourth-order valence-corrected chi connectivity index (χ4v) is 2.00. The Labute approximate surface area is 113 Å². The predicted octanol–water partition coefficient (Wildman–Crippen LogP) is 2.21. The van der Waals surface area contributed by atoms with Gasteiger partial charge < -0.3 is 10.0 Å². The van der Waals surface area contributed by atoms with E-state index in [1.54, 1.807) is 4.90 Å². The van der Waals surface area contributed by atoms with Crippen LogP contribution in [0.4, 0.5) is 0 Å². The number of hydrogen-bond acceptors (Lipinski definition) is 2. The molecular formula is C15H19NO3. The summed E-state index contributed by atoms with van der Waals surface area (Å²) in [6, 6.07) is 7.99. The lowest BCUT2D eigenvalue weighted by Gasteiger charge is -2.22. The predicted molar refractivity (Wildman–Crippen MR) is 71.6 cm³/mol. The number of benzene rings is 1. The van der Waals surface area contributed by atoms with E-state index < -0.39 is 5.97 Å². The summed E-state index contributed by atoms with van der Waals surface area (Å²) in [4.78, 5) is 24.5. The first kappa shape index (κ1) is 13.6. The van der Waals surface area contributed by atoms with Gasteiger partial charge in [-0.1, -0.05) is 29.8 Å². The highest BCUT2D eigenvalue weighted by molar-refractivity contribution is 5.81. The average Bonchev–Trinajstić information content (AvgIpc) is 3.20. The number of carboxylic acid groups (broad SMARTS) is 1. The molecule has 19 heavy (non-hydrogen) atoms. The normalized spacial score (nSPS) is 14.2. The molecule has 0 atom stereocenters. The quantitative estimate of drug-likeness (QED) is 0.854. The number of carbonyl (C=O) groups is 2. The molecule has 1 amide bonds. The molecule has 1 N–H and O–H groups in total. The van der Waals surface area contributed by atoms with Crippen molar-refractivity contribution in [1.29, 1.82) is 0 Å². The molecule has 2 rings (SSSR count). The number of aryl methyl sites for hydroxylation is 1. The van der Waals surface area contributed by atoms with Gasteiger partial charge in [-0.25, -0.2) is 0 Å². The zero-order valence-corrected chi connectivity index (χ0v) is 11.1. The van der Waals surface area contributed by atoms with Gasteiger partial charge >= 0.3 is 5.97 Å². The van der Waals surface area contributed by atoms with Crippen molar-refractivity contribution in [1.82, 2.24) is 4.90 Å². The second kappa shape index (κ2) is 5.87. The minimum absolute atomic E-state index is 0.00429. The van der Waals surface area contributed by atoms with Crippen LogP contribution in [-0.4, -0.2) is 28.4 Å². The van der Waals surface area contributed by atoms with Crippen molar-refractivity contribution in [3.05, 3.63) is 35.4 Å². The lowest BCUT2D eigenvalue weighted by molar-refractivity contribution is -0.139. The summed E-state index contributed by atoms with van der Waals surface area (Å²) >= 11 is 0. The van der Waals surface area contributed by atoms with Gasteiger partial charge in [0.05, 0.1) is 6.42 Å². The minimum Gasteiger partial charge on any atom is -0.481 e. The Morgan fingerprint density at radius 2 is 1.89 bits per heavy atom. The van der Waals surface area contributed by atoms with Crippen LogP contribution in [0.15, 0.2) is 24.3 Å². The van der Waals surface area contributed by atoms with E-state index in [0.29, 0.717) is 13.1 Å². The first-order valence-electron chi connectivity index (χ1n) is 6.62. The van der Waals surface area contributed by atoms with Gasteiger partial charge in [-0.2, -0.15) is 0 Å². The molecule has 102 valence electrons. The van der Waals surface area contributed by atoms with Crippen LogP contribution in [0.2, 0.25) is 0 Å². The molecule has 0 aromatic heterocycles. The van der Waals surface area contributed by atoms with Gasteiger partial charge in [0.1, 0.15) is 0 Å². The van der Waals surface area contributed by atoms with Gasteiger partial charge in [0.15, 0.2) is 0 Å². The van der Waals surface area contributed by atoms with Crippen molar-refractivity contribution in [2.75, 3.05) is 6.54 Å². The summed E-state index contributed by atoms with van der Waals surface area (Å²) in [6.45, 7) is 2.81. The average molecular weight is 261 g/mol. The Morgan fingerprint density at radius 3 is 2.42 bits per heavy atom. The van der Waals surface area contributed by atoms with Crippen LogP contribution < -0.4 is 0 Å². The summed E-state index contributed by atoms with van der Waals surface area (Å²) in [7, 11) is 0. The summed E-state index contributed by atoms with van der Waals surface area (Å²) in [6.07, 6.45) is 1.89. The van der Waals surface area contributed by atoms with E-state index in [1.165, 1.54) is 5.56 Å². The second-order valence-corrected chi connectivity index (χ2v) is 5.16. The number of carbonyl (C=O) groups excluding carboxylic acids is 1. The number of nitrogens with zero attached hydrogens (tertiary/aromatic N) is 1. The molecule has 1 saturated carbocycles. The Bertz CT molecular complexity index is 463. The van der Waals surface area contributed by atoms with E-state index in [1.807, 2.05) is 31.2 Å². The van der Waals surface area contributed by atoms with Crippen molar-refractivity contribution in [2.24, 2.45) is 5.92 Å². The van der Waals surface area contributed by atoms with Crippen LogP contribution >= 0.6 is 0 Å². The van der Waals surface area contributed by atoms with E-state index in [9.17, 15) is 9.59 Å². The first-order chi connectivity index (χ1) is 9.06. The highest BCUT2D eigenvalue weighted by Gasteiger charge is 2.33. The Morgan fingerprint density at radius 1 is 1.26 bits per heavy atom. The van der Waals surface area contributed by atoms with Crippen LogP contribution in [0.25, 0.3) is 0 Å². The first-order valence-corrected chi connectivity index (χ1v) is 6.62. The third kappa shape index (κ3) is 4.09. The van der Waals surface area contributed by atoms with Gasteiger partial charge in [-0.15, -0.1) is 0 Å². The van der Waals surface area contributed by atoms with Crippen LogP contribution in [0.1, 0.15) is 30.4 Å². The molecular weight excluding hydrogens is 242 g/mol. The number of carboxylic acids is 1. The zero-order valence-electron chi connectivity index (χ0n) is 11.1. The molecule has 0 unspecified atom stereocenters. The van der Waals surface area contributed by atoms with Crippen molar-refractivity contribution in [2.45, 2.75) is 32.7 Å². The van der Waals surface area contributed by atoms with Crippen LogP contribution in [0, 0.1) is 12.8 Å². The molecule has 0 heterocycles. The molecule has 0 spiro atoms. The van der Waals surface area contributed by atoms with E-state index >= 15 is 0 Å². The molecule has 1 aromatic carbocycles. The Hall–Kier alpha value is -1.84. The number of rotatable bonds is 6. The molecule has 1 aromatic rings. The Balaban J connectivity index is 2.01. The van der Waals surface area contributed by atoms with Gasteiger partial charge in [0.2, 0.25) is 5.91 Å². The van der Waals surface area contributed by atoms with Crippen molar-refractivity contribution in [3.63, 3.8) is 0 Å². The highest BCUT2D eigenvalue weighted by Crippen LogP contribution is 2.31. The van der Waals surface area contributed by atoms with E-state index in [-0.39, 0.29) is 18.2 Å². The number of hydrogen-bond donors (Lipinski definition) is 1. The van der Waals surface area contributed by atoms with Crippen molar-refractivity contribution >= 4 is 11.9 Å². The molecule has 4 nitrogen and oxygen atoms in total. The molecule has 0 saturated heterocycles. The van der Waals surface area contributed by atoms with E-state index in [2.05, 4.69) is 0 Å². The molecule has 4 heteroatoms. The zero-order chi connectivity index (χ0) is 13.8. The van der Waals surface area contributed by atoms with Crippen LogP contribution in [-0.2, 0) is 16.1 Å². The van der Waals surface area contributed by atoms with E-state index in [0.717, 1.165) is 18.4 Å². The lowest BCUT2D eigenvalue weighted by Crippen LogP contribution is -2.33. The molecule has 1 fully saturated rings. The summed E-state index contributed by atoms with van der Waals surface area (Å²) in [5.41, 5.74) is 2.22. The monoisotopic (exact) mass is 261 g/mol. The topological polar surface area (TPSA) is 57.6 Å². The highest BCUT2D eigenvalue weighted by atomic mass is 16.4. The van der Waals surface area contributed by atoms with Crippen molar-refractivity contribution < 1.29 is 14.7 Å². The molecule has 1 aliphatic carbocycles. The molecule has 1 aliphatic rings. The van der Waals surface area contributed by atoms with Gasteiger partial charge in [0.25, 0.3) is 0 Å². The lowest BCUT2D eigenvalue weighted by atomic mass is 10.1. The van der Waals surface area contributed by atoms with Crippen LogP contribution in [0.5, 0.6) is 0 Å². The molecule has 0 bridgehead atoms. The number of aliphatic carboxylic acids is 1. The maximum absolute atomic E-state index is 12.1. The molecule has 0 aliphatic heterocycles. The Kier molecular flexibility index (Phi) is 4.20. The molecule has 0 radical (unpaired) electrons. The van der Waals surface area contributed by atoms with Crippen molar-refractivity contribution in [3.8, 4) is 0 Å². The van der Waals surface area contributed by atoms with Gasteiger partial charge in [-0.05, 0) is 25.3 Å². The maximum atomic E-state index is 12.1. The van der Waals surface area contributed by atoms with Gasteiger partial charge in [0, 0.05) is 19.0 Å². The largest absolute Gasteiger partial charge is 0.481 e. The minimum atomic E-state index is -0.863. The third-order valence-corrected chi connectivity index (χ3v) is 3.33. The summed E-state index contributed by atoms with van der Waals surface area (Å²) in [5.74, 6) is -0.640. The fraction of sp³-hybridized carbons (Fsp3) is 0.467.